The molecule has 1 aromatic heterocycles. The van der Waals surface area contributed by atoms with Crippen molar-refractivity contribution in [3.8, 4) is 5.75 Å². The predicted octanol–water partition coefficient (Wildman–Crippen LogP) is 6.96. The molecular weight excluding hydrogens is 459 g/mol. The van der Waals surface area contributed by atoms with Crippen LogP contribution < -0.4 is 4.74 Å². The summed E-state index contributed by atoms with van der Waals surface area (Å²) in [5.41, 5.74) is 4.10. The first-order valence-corrected chi connectivity index (χ1v) is 12.2. The number of rotatable bonds is 6. The molecule has 0 radical (unpaired) electrons. The van der Waals surface area contributed by atoms with Gasteiger partial charge >= 0.3 is 6.09 Å². The third-order valence-electron chi connectivity index (χ3n) is 5.69. The maximum absolute atomic E-state index is 13.2. The van der Waals surface area contributed by atoms with Gasteiger partial charge < -0.3 is 14.5 Å². The molecule has 0 bridgehead atoms. The average Bonchev–Trinajstić information content (AvgIpc) is 3.15. The fraction of sp³-hybridized carbons (Fsp3) is 0.423. The lowest BCUT2D eigenvalue weighted by Crippen LogP contribution is -2.41. The van der Waals surface area contributed by atoms with E-state index in [1.54, 1.807) is 0 Å². The van der Waals surface area contributed by atoms with Crippen LogP contribution in [0.2, 0.25) is 5.02 Å². The van der Waals surface area contributed by atoms with Gasteiger partial charge in [0.25, 0.3) is 0 Å². The van der Waals surface area contributed by atoms with E-state index in [0.29, 0.717) is 30.7 Å². The lowest BCUT2D eigenvalue weighted by atomic mass is 9.92. The van der Waals surface area contributed by atoms with Gasteiger partial charge in [-0.15, -0.1) is 11.6 Å². The van der Waals surface area contributed by atoms with Crippen LogP contribution in [0.15, 0.2) is 42.5 Å². The smallest absolute Gasteiger partial charge is 0.410 e. The van der Waals surface area contributed by atoms with Crippen LogP contribution in [0.1, 0.15) is 50.1 Å². The first-order valence-electron chi connectivity index (χ1n) is 11.3. The summed E-state index contributed by atoms with van der Waals surface area (Å²) in [6, 6.07) is 13.5. The predicted molar refractivity (Wildman–Crippen MR) is 134 cm³/mol. The molecule has 1 atom stereocenters. The van der Waals surface area contributed by atoms with Crippen molar-refractivity contribution in [1.82, 2.24) is 9.88 Å². The summed E-state index contributed by atoms with van der Waals surface area (Å²) in [6.07, 6.45) is 1.22. The normalized spacial score (nSPS) is 16.0. The Morgan fingerprint density at radius 1 is 1.18 bits per heavy atom. The number of nitrogens with one attached hydrogen (secondary N) is 1. The number of aromatic nitrogens is 1. The Labute approximate surface area is 205 Å². The van der Waals surface area contributed by atoms with Crippen molar-refractivity contribution in [1.29, 1.82) is 0 Å². The zero-order valence-electron chi connectivity index (χ0n) is 19.3. The van der Waals surface area contributed by atoms with Crippen LogP contribution in [0.3, 0.4) is 0 Å². The van der Waals surface area contributed by atoms with E-state index in [2.05, 4.69) is 25.8 Å². The highest BCUT2D eigenvalue weighted by atomic mass is 35.5. The molecule has 5 nitrogen and oxygen atoms in total. The van der Waals surface area contributed by atoms with Crippen molar-refractivity contribution in [3.63, 3.8) is 0 Å². The van der Waals surface area contributed by atoms with Crippen molar-refractivity contribution in [2.45, 2.75) is 39.7 Å². The van der Waals surface area contributed by atoms with E-state index >= 15 is 0 Å². The minimum atomic E-state index is -0.306. The molecule has 0 fully saturated rings. The number of benzene rings is 2. The number of ether oxygens (including phenoxy) is 2. The number of H-pyrrole nitrogens is 1. The SMILES string of the molecule is CC(C)(C)COC(=O)N1CCc2c([nH]c3ccc(Cl)cc23)C1c1ccc(OCCCCl)cc1. The molecule has 1 N–H and O–H groups in total. The number of nitrogens with zero attached hydrogens (tertiary/aromatic N) is 1. The molecule has 0 saturated heterocycles. The largest absolute Gasteiger partial charge is 0.494 e. The summed E-state index contributed by atoms with van der Waals surface area (Å²) in [5.74, 6) is 1.35. The monoisotopic (exact) mass is 488 g/mol. The minimum Gasteiger partial charge on any atom is -0.494 e. The quantitative estimate of drug-likeness (QED) is 0.301. The van der Waals surface area contributed by atoms with Gasteiger partial charge in [0.05, 0.1) is 13.2 Å². The molecule has 176 valence electrons. The van der Waals surface area contributed by atoms with Crippen molar-refractivity contribution >= 4 is 40.2 Å². The van der Waals surface area contributed by atoms with Crippen LogP contribution in [-0.2, 0) is 11.2 Å². The Morgan fingerprint density at radius 2 is 1.94 bits per heavy atom. The zero-order chi connectivity index (χ0) is 23.6. The first kappa shape index (κ1) is 23.8. The lowest BCUT2D eigenvalue weighted by Gasteiger charge is -2.36. The standard InChI is InChI=1S/C26H30Cl2N2O3/c1-26(2,3)16-33-25(31)30-13-11-20-21-15-18(28)7-10-22(21)29-23(20)24(30)17-5-8-19(9-6-17)32-14-4-12-27/h5-10,15,24,29H,4,11-14,16H2,1-3H3. The van der Waals surface area contributed by atoms with Gasteiger partial charge in [-0.1, -0.05) is 44.5 Å². The fourth-order valence-electron chi connectivity index (χ4n) is 4.16. The number of alkyl halides is 1. The second-order valence-corrected chi connectivity index (χ2v) is 10.4. The van der Waals surface area contributed by atoms with Gasteiger partial charge in [-0.05, 0) is 59.7 Å². The van der Waals surface area contributed by atoms with Gasteiger partial charge in [-0.2, -0.15) is 0 Å². The van der Waals surface area contributed by atoms with Crippen molar-refractivity contribution in [3.05, 3.63) is 64.3 Å². The Bertz CT molecular complexity index is 1120. The van der Waals surface area contributed by atoms with Crippen LogP contribution in [0.5, 0.6) is 5.75 Å². The molecule has 1 aliphatic heterocycles. The molecule has 1 unspecified atom stereocenters. The van der Waals surface area contributed by atoms with E-state index in [9.17, 15) is 4.79 Å². The Kier molecular flexibility index (Phi) is 7.10. The molecule has 0 aliphatic carbocycles. The van der Waals surface area contributed by atoms with Crippen LogP contribution in [0.25, 0.3) is 10.9 Å². The summed E-state index contributed by atoms with van der Waals surface area (Å²) in [7, 11) is 0. The van der Waals surface area contributed by atoms with Gasteiger partial charge in [0.1, 0.15) is 11.8 Å². The Morgan fingerprint density at radius 3 is 2.64 bits per heavy atom. The number of carbonyl (C=O) groups is 1. The number of hydrogen-bond donors (Lipinski definition) is 1. The molecule has 4 rings (SSSR count). The number of aromatic amines is 1. The number of fused-ring (bicyclic) bond motifs is 3. The molecule has 7 heteroatoms. The first-order chi connectivity index (χ1) is 15.8. The summed E-state index contributed by atoms with van der Waals surface area (Å²) >= 11 is 12.0. The second kappa shape index (κ2) is 9.86. The van der Waals surface area contributed by atoms with Crippen molar-refractivity contribution in [2.75, 3.05) is 25.6 Å². The number of amides is 1. The third kappa shape index (κ3) is 5.42. The van der Waals surface area contributed by atoms with Gasteiger partial charge in [0, 0.05) is 34.0 Å². The molecule has 0 saturated carbocycles. The van der Waals surface area contributed by atoms with Crippen LogP contribution >= 0.6 is 23.2 Å². The number of hydrogen-bond acceptors (Lipinski definition) is 3. The van der Waals surface area contributed by atoms with Gasteiger partial charge in [0.2, 0.25) is 0 Å². The fourth-order valence-corrected chi connectivity index (χ4v) is 4.44. The topological polar surface area (TPSA) is 54.6 Å². The molecule has 3 aromatic rings. The van der Waals surface area contributed by atoms with Crippen molar-refractivity contribution < 1.29 is 14.3 Å². The lowest BCUT2D eigenvalue weighted by molar-refractivity contribution is 0.0621. The summed E-state index contributed by atoms with van der Waals surface area (Å²) < 4.78 is 11.5. The minimum absolute atomic E-state index is 0.105. The van der Waals surface area contributed by atoms with Crippen LogP contribution in [0, 0.1) is 5.41 Å². The van der Waals surface area contributed by atoms with E-state index in [1.807, 2.05) is 47.4 Å². The Balaban J connectivity index is 1.70. The van der Waals surface area contributed by atoms with Crippen LogP contribution in [-0.4, -0.2) is 41.6 Å². The third-order valence-corrected chi connectivity index (χ3v) is 6.20. The average molecular weight is 489 g/mol. The molecular formula is C26H30Cl2N2O3. The van der Waals surface area contributed by atoms with Gasteiger partial charge in [-0.3, -0.25) is 4.90 Å². The van der Waals surface area contributed by atoms with Crippen LogP contribution in [0.4, 0.5) is 4.79 Å². The van der Waals surface area contributed by atoms with Gasteiger partial charge in [0.15, 0.2) is 0 Å². The van der Waals surface area contributed by atoms with E-state index in [0.717, 1.165) is 40.8 Å². The Hall–Kier alpha value is -2.37. The van der Waals surface area contributed by atoms with E-state index in [1.165, 1.54) is 5.56 Å². The molecule has 1 aliphatic rings. The maximum Gasteiger partial charge on any atom is 0.410 e. The highest BCUT2D eigenvalue weighted by Crippen LogP contribution is 2.40. The molecule has 2 aromatic carbocycles. The molecule has 2 heterocycles. The highest BCUT2D eigenvalue weighted by Gasteiger charge is 2.36. The summed E-state index contributed by atoms with van der Waals surface area (Å²) in [5, 5.41) is 1.80. The highest BCUT2D eigenvalue weighted by molar-refractivity contribution is 6.31. The van der Waals surface area contributed by atoms with E-state index in [-0.39, 0.29) is 17.6 Å². The zero-order valence-corrected chi connectivity index (χ0v) is 20.8. The summed E-state index contributed by atoms with van der Waals surface area (Å²) in [6.45, 7) is 7.65. The van der Waals surface area contributed by atoms with Crippen molar-refractivity contribution in [2.24, 2.45) is 5.41 Å². The summed E-state index contributed by atoms with van der Waals surface area (Å²) in [4.78, 5) is 18.5. The van der Waals surface area contributed by atoms with E-state index < -0.39 is 0 Å². The maximum atomic E-state index is 13.2. The van der Waals surface area contributed by atoms with E-state index in [4.69, 9.17) is 32.7 Å². The van der Waals surface area contributed by atoms with Gasteiger partial charge in [-0.25, -0.2) is 4.79 Å². The molecule has 0 spiro atoms. The molecule has 1 amide bonds. The number of halogens is 2. The molecule has 33 heavy (non-hydrogen) atoms. The number of carbonyl (C=O) groups excluding carboxylic acids is 1. The second-order valence-electron chi connectivity index (χ2n) is 9.63.